The monoisotopic (exact) mass is 1000 g/mol. The molecule has 7 heterocycles. The predicted molar refractivity (Wildman–Crippen MR) is 278 cm³/mol. The fraction of sp³-hybridized carbons (Fsp3) is 0.527. The van der Waals surface area contributed by atoms with Gasteiger partial charge in [0, 0.05) is 80.4 Å². The SMILES string of the molecule is CC(C)c1ccccc1[C@@H]1CCCC(C)(C)N1C1CC2(CCN(c3ccc(C(=O)NS(=O)(=O)c4ccc(NCC5CCOCC5)c([N+](=O)[O-])c4)c(N4c5cc6cc[nH]c6nc5O[C@H]5COCC[C@@H]54)c3)CC2)C1. The molecule has 4 saturated heterocycles. The Morgan fingerprint density at radius 3 is 2.49 bits per heavy atom. The Bertz CT molecular complexity index is 2960. The van der Waals surface area contributed by atoms with Gasteiger partial charge in [0.1, 0.15) is 23.1 Å². The molecule has 5 aliphatic heterocycles. The number of amides is 1. The normalized spacial score (nSPS) is 23.5. The molecule has 3 atom stereocenters. The van der Waals surface area contributed by atoms with Gasteiger partial charge in [-0.2, -0.15) is 4.98 Å². The summed E-state index contributed by atoms with van der Waals surface area (Å²) in [6, 6.07) is 23.0. The summed E-state index contributed by atoms with van der Waals surface area (Å²) < 4.78 is 48.6. The van der Waals surface area contributed by atoms with E-state index in [1.165, 1.54) is 55.4 Å². The quantitative estimate of drug-likeness (QED) is 0.0793. The number of hydrogen-bond donors (Lipinski definition) is 3. The fourth-order valence-corrected chi connectivity index (χ4v) is 14.1. The van der Waals surface area contributed by atoms with Crippen molar-refractivity contribution in [2.75, 3.05) is 61.2 Å². The van der Waals surface area contributed by atoms with E-state index in [4.69, 9.17) is 19.2 Å². The van der Waals surface area contributed by atoms with Crippen LogP contribution in [0, 0.1) is 21.4 Å². The average Bonchev–Trinajstić information content (AvgIpc) is 3.83. The summed E-state index contributed by atoms with van der Waals surface area (Å²) in [6.07, 6.45) is 11.7. The van der Waals surface area contributed by atoms with Crippen molar-refractivity contribution in [2.24, 2.45) is 11.3 Å². The van der Waals surface area contributed by atoms with Gasteiger partial charge < -0.3 is 34.3 Å². The third-order valence-electron chi connectivity index (χ3n) is 16.9. The third kappa shape index (κ3) is 9.19. The lowest BCUT2D eigenvalue weighted by Gasteiger charge is -2.61. The largest absolute Gasteiger partial charge is 0.468 e. The van der Waals surface area contributed by atoms with Gasteiger partial charge in [-0.25, -0.2) is 13.1 Å². The first-order valence-electron chi connectivity index (χ1n) is 26.1. The molecule has 1 amide bonds. The van der Waals surface area contributed by atoms with Crippen molar-refractivity contribution in [3.05, 3.63) is 106 Å². The average molecular weight is 1000 g/mol. The Kier molecular flexibility index (Phi) is 13.0. The number of carbonyl (C=O) groups is 1. The van der Waals surface area contributed by atoms with Crippen molar-refractivity contribution >= 4 is 55.4 Å². The van der Waals surface area contributed by atoms with Crippen LogP contribution < -0.4 is 24.6 Å². The lowest BCUT2D eigenvalue weighted by atomic mass is 9.58. The van der Waals surface area contributed by atoms with Crippen LogP contribution in [-0.4, -0.2) is 104 Å². The van der Waals surface area contributed by atoms with Gasteiger partial charge in [0.2, 0.25) is 5.88 Å². The molecule has 0 radical (unpaired) electrons. The number of hydrogen-bond acceptors (Lipinski definition) is 13. The second kappa shape index (κ2) is 19.3. The number of nitrogens with one attached hydrogen (secondary N) is 3. The third-order valence-corrected chi connectivity index (χ3v) is 18.2. The highest BCUT2D eigenvalue weighted by atomic mass is 32.2. The van der Waals surface area contributed by atoms with Gasteiger partial charge in [-0.05, 0) is 149 Å². The Hall–Kier alpha value is -5.75. The molecule has 72 heavy (non-hydrogen) atoms. The number of piperidine rings is 2. The van der Waals surface area contributed by atoms with Crippen LogP contribution in [0.25, 0.3) is 11.0 Å². The fourth-order valence-electron chi connectivity index (χ4n) is 13.1. The number of ether oxygens (including phenoxy) is 3. The first-order chi connectivity index (χ1) is 34.7. The van der Waals surface area contributed by atoms with E-state index in [2.05, 4.69) is 81.7 Å². The standard InChI is InChI=1S/C55H68N8O8S/c1-35(2)41-8-5-6-9-42(41)45-10-7-19-54(3,4)62(45)39-31-55(32-39)20-23-60(24-21-55)38-11-13-43(47(29-38)61-46-18-27-70-34-50(46)71-53-49(61)28-37-15-22-56-51(37)58-53)52(64)59-72(67,68)40-12-14-44(48(30-40)63(65)66)57-33-36-16-25-69-26-17-36/h5-6,8-9,11-15,22,28-30,35-36,39,45-46,50,57H,7,10,16-21,23-27,31-34H2,1-4H3,(H,56,58)(H,59,64)/t45-,46-,50-/m0/s1. The molecule has 2 aromatic heterocycles. The Labute approximate surface area is 422 Å². The second-order valence-corrected chi connectivity index (χ2v) is 23.8. The molecule has 382 valence electrons. The smallest absolute Gasteiger partial charge is 0.293 e. The number of nitro benzene ring substituents is 1. The maximum absolute atomic E-state index is 14.7. The predicted octanol–water partition coefficient (Wildman–Crippen LogP) is 9.99. The molecular formula is C55H68N8O8S. The Balaban J connectivity index is 0.880. The molecular weight excluding hydrogens is 933 g/mol. The van der Waals surface area contributed by atoms with Crippen LogP contribution in [0.2, 0.25) is 0 Å². The molecule has 3 N–H and O–H groups in total. The summed E-state index contributed by atoms with van der Waals surface area (Å²) in [4.78, 5) is 41.5. The van der Waals surface area contributed by atoms with Crippen LogP contribution in [-0.2, 0) is 19.5 Å². The van der Waals surface area contributed by atoms with Crippen molar-refractivity contribution in [1.29, 1.82) is 0 Å². The van der Waals surface area contributed by atoms with Gasteiger partial charge in [-0.3, -0.25) is 19.8 Å². The zero-order chi connectivity index (χ0) is 49.9. The number of carbonyl (C=O) groups excluding carboxylic acids is 1. The van der Waals surface area contributed by atoms with E-state index < -0.39 is 37.5 Å². The molecule has 1 spiro atoms. The number of rotatable bonds is 12. The van der Waals surface area contributed by atoms with E-state index in [9.17, 15) is 23.3 Å². The molecule has 16 nitrogen and oxygen atoms in total. The lowest BCUT2D eigenvalue weighted by molar-refractivity contribution is -0.384. The second-order valence-electron chi connectivity index (χ2n) is 22.2. The van der Waals surface area contributed by atoms with E-state index in [1.54, 1.807) is 6.07 Å². The molecule has 0 unspecified atom stereocenters. The molecule has 6 aliphatic rings. The number of anilines is 4. The minimum atomic E-state index is -4.60. The zero-order valence-electron chi connectivity index (χ0n) is 41.9. The summed E-state index contributed by atoms with van der Waals surface area (Å²) >= 11 is 0. The molecule has 1 aliphatic carbocycles. The minimum Gasteiger partial charge on any atom is -0.468 e. The molecule has 11 rings (SSSR count). The van der Waals surface area contributed by atoms with E-state index in [0.29, 0.717) is 80.3 Å². The molecule has 5 fully saturated rings. The number of nitrogens with zero attached hydrogens (tertiary/aromatic N) is 5. The Morgan fingerprint density at radius 1 is 0.931 bits per heavy atom. The van der Waals surface area contributed by atoms with E-state index in [0.717, 1.165) is 55.9 Å². The number of sulfonamides is 1. The molecule has 1 saturated carbocycles. The highest BCUT2D eigenvalue weighted by Gasteiger charge is 2.53. The first kappa shape index (κ1) is 48.5. The van der Waals surface area contributed by atoms with Crippen LogP contribution >= 0.6 is 0 Å². The first-order valence-corrected chi connectivity index (χ1v) is 27.6. The van der Waals surface area contributed by atoms with Crippen molar-refractivity contribution < 1.29 is 32.3 Å². The molecule has 3 aromatic carbocycles. The van der Waals surface area contributed by atoms with Crippen molar-refractivity contribution in [1.82, 2.24) is 19.6 Å². The van der Waals surface area contributed by atoms with Crippen LogP contribution in [0.3, 0.4) is 0 Å². The number of likely N-dealkylation sites (tertiary alicyclic amines) is 1. The number of nitro groups is 1. The molecule has 0 bridgehead atoms. The number of aromatic amines is 1. The van der Waals surface area contributed by atoms with Gasteiger partial charge in [0.05, 0.1) is 33.7 Å². The van der Waals surface area contributed by atoms with Crippen LogP contribution in [0.15, 0.2) is 83.9 Å². The number of fused-ring (bicyclic) bond motifs is 3. The molecule has 5 aromatic rings. The van der Waals surface area contributed by atoms with Gasteiger partial charge >= 0.3 is 0 Å². The summed E-state index contributed by atoms with van der Waals surface area (Å²) in [6.45, 7) is 13.7. The van der Waals surface area contributed by atoms with E-state index in [1.807, 2.05) is 30.5 Å². The summed E-state index contributed by atoms with van der Waals surface area (Å²) in [7, 11) is -4.60. The van der Waals surface area contributed by atoms with Crippen molar-refractivity contribution in [2.45, 2.75) is 132 Å². The topological polar surface area (TPSA) is 184 Å². The lowest BCUT2D eigenvalue weighted by Crippen LogP contribution is -2.62. The maximum Gasteiger partial charge on any atom is 0.293 e. The molecule has 17 heteroatoms. The summed E-state index contributed by atoms with van der Waals surface area (Å²) in [5.74, 6) is 0.258. The van der Waals surface area contributed by atoms with Crippen LogP contribution in [0.1, 0.15) is 125 Å². The van der Waals surface area contributed by atoms with Crippen molar-refractivity contribution in [3.63, 3.8) is 0 Å². The van der Waals surface area contributed by atoms with E-state index in [-0.39, 0.29) is 34.2 Å². The number of benzene rings is 3. The highest BCUT2D eigenvalue weighted by molar-refractivity contribution is 7.90. The summed E-state index contributed by atoms with van der Waals surface area (Å²) in [5, 5.41) is 16.3. The Morgan fingerprint density at radius 2 is 1.71 bits per heavy atom. The zero-order valence-corrected chi connectivity index (χ0v) is 42.7. The van der Waals surface area contributed by atoms with Crippen LogP contribution in [0.5, 0.6) is 5.88 Å². The van der Waals surface area contributed by atoms with Gasteiger partial charge in [-0.1, -0.05) is 38.1 Å². The highest BCUT2D eigenvalue weighted by Crippen LogP contribution is 2.57. The summed E-state index contributed by atoms with van der Waals surface area (Å²) in [5.41, 5.74) is 6.04. The van der Waals surface area contributed by atoms with Gasteiger partial charge in [-0.15, -0.1) is 0 Å². The van der Waals surface area contributed by atoms with Crippen LogP contribution in [0.4, 0.5) is 28.4 Å². The number of pyridine rings is 1. The maximum atomic E-state index is 14.7. The minimum absolute atomic E-state index is 0.109. The van der Waals surface area contributed by atoms with Gasteiger partial charge in [0.15, 0.2) is 0 Å². The van der Waals surface area contributed by atoms with Gasteiger partial charge in [0.25, 0.3) is 21.6 Å². The number of H-pyrrole nitrogens is 1. The van der Waals surface area contributed by atoms with E-state index >= 15 is 0 Å². The van der Waals surface area contributed by atoms with Crippen molar-refractivity contribution in [3.8, 4) is 5.88 Å². The number of aromatic nitrogens is 2.